The molecule has 3 aromatic rings. The molecule has 0 fully saturated rings. The number of aldehydes is 1. The first-order valence-corrected chi connectivity index (χ1v) is 6.72. The lowest BCUT2D eigenvalue weighted by Crippen LogP contribution is -1.96. The number of fused-ring (bicyclic) bond motifs is 1. The van der Waals surface area contributed by atoms with Crippen LogP contribution in [0, 0.1) is 6.92 Å². The molecule has 4 heteroatoms. The number of benzene rings is 1. The Morgan fingerprint density at radius 2 is 1.95 bits per heavy atom. The zero-order chi connectivity index (χ0) is 14.1. The van der Waals surface area contributed by atoms with Crippen LogP contribution in [0.4, 0.5) is 0 Å². The summed E-state index contributed by atoms with van der Waals surface area (Å²) in [6, 6.07) is 11.8. The van der Waals surface area contributed by atoms with Crippen molar-refractivity contribution in [3.05, 3.63) is 70.1 Å². The number of nitrogens with zero attached hydrogens (tertiary/aromatic N) is 2. The topological polar surface area (TPSA) is 34.4 Å². The van der Waals surface area contributed by atoms with E-state index in [1.165, 1.54) is 5.56 Å². The maximum atomic E-state index is 11.4. The van der Waals surface area contributed by atoms with E-state index in [4.69, 9.17) is 11.6 Å². The molecule has 1 aromatic carbocycles. The standard InChI is InChI=1S/C16H13ClN2O/c1-11-2-4-12(5-3-11)8-14-15(10-20)19-9-13(17)6-7-16(19)18-14/h2-7,9-10H,8H2,1H3. The molecule has 3 rings (SSSR count). The predicted molar refractivity (Wildman–Crippen MR) is 79.6 cm³/mol. The third-order valence-electron chi connectivity index (χ3n) is 3.30. The van der Waals surface area contributed by atoms with Gasteiger partial charge in [0.25, 0.3) is 0 Å². The molecular weight excluding hydrogens is 272 g/mol. The van der Waals surface area contributed by atoms with Gasteiger partial charge in [0.2, 0.25) is 0 Å². The Bertz CT molecular complexity index is 775. The predicted octanol–water partition coefficient (Wildman–Crippen LogP) is 3.70. The molecule has 2 heterocycles. The molecule has 0 amide bonds. The van der Waals surface area contributed by atoms with Gasteiger partial charge in [-0.05, 0) is 24.6 Å². The summed E-state index contributed by atoms with van der Waals surface area (Å²) in [6.45, 7) is 2.05. The molecule has 0 spiro atoms. The molecule has 0 radical (unpaired) electrons. The molecule has 0 saturated carbocycles. The van der Waals surface area contributed by atoms with Gasteiger partial charge in [-0.25, -0.2) is 4.98 Å². The van der Waals surface area contributed by atoms with Gasteiger partial charge < -0.3 is 0 Å². The molecule has 20 heavy (non-hydrogen) atoms. The Kier molecular flexibility index (Phi) is 3.28. The van der Waals surface area contributed by atoms with E-state index in [0.717, 1.165) is 23.2 Å². The van der Waals surface area contributed by atoms with Gasteiger partial charge in [0.05, 0.1) is 10.7 Å². The van der Waals surface area contributed by atoms with Crippen LogP contribution < -0.4 is 0 Å². The maximum Gasteiger partial charge on any atom is 0.168 e. The zero-order valence-corrected chi connectivity index (χ0v) is 11.8. The molecule has 2 aromatic heterocycles. The molecule has 100 valence electrons. The van der Waals surface area contributed by atoms with Gasteiger partial charge in [-0.3, -0.25) is 9.20 Å². The van der Waals surface area contributed by atoms with Gasteiger partial charge in [-0.2, -0.15) is 0 Å². The van der Waals surface area contributed by atoms with Crippen LogP contribution in [0.25, 0.3) is 5.65 Å². The average Bonchev–Trinajstić information content (AvgIpc) is 2.78. The Morgan fingerprint density at radius 3 is 2.65 bits per heavy atom. The largest absolute Gasteiger partial charge is 0.296 e. The summed E-state index contributed by atoms with van der Waals surface area (Å²) in [5.74, 6) is 0. The summed E-state index contributed by atoms with van der Waals surface area (Å²) in [5.41, 5.74) is 4.41. The molecule has 0 aliphatic heterocycles. The first-order chi connectivity index (χ1) is 9.67. The van der Waals surface area contributed by atoms with E-state index in [2.05, 4.69) is 29.2 Å². The van der Waals surface area contributed by atoms with Crippen LogP contribution in [0.5, 0.6) is 0 Å². The molecular formula is C16H13ClN2O. The molecule has 0 unspecified atom stereocenters. The normalized spacial score (nSPS) is 10.9. The van der Waals surface area contributed by atoms with E-state index in [0.29, 0.717) is 17.1 Å². The number of carbonyl (C=O) groups is 1. The van der Waals surface area contributed by atoms with Crippen molar-refractivity contribution < 1.29 is 4.79 Å². The summed E-state index contributed by atoms with van der Waals surface area (Å²) in [4.78, 5) is 15.9. The van der Waals surface area contributed by atoms with Crippen molar-refractivity contribution in [3.63, 3.8) is 0 Å². The van der Waals surface area contributed by atoms with Crippen LogP contribution in [0.15, 0.2) is 42.6 Å². The summed E-state index contributed by atoms with van der Waals surface area (Å²) in [6.07, 6.45) is 3.18. The number of aromatic nitrogens is 2. The molecule has 0 saturated heterocycles. The van der Waals surface area contributed by atoms with Gasteiger partial charge in [0.1, 0.15) is 11.3 Å². The lowest BCUT2D eigenvalue weighted by atomic mass is 10.1. The van der Waals surface area contributed by atoms with Crippen LogP contribution in [0.1, 0.15) is 27.3 Å². The second-order valence-corrected chi connectivity index (χ2v) is 5.24. The molecule has 0 atom stereocenters. The second-order valence-electron chi connectivity index (χ2n) is 4.80. The number of pyridine rings is 1. The van der Waals surface area contributed by atoms with Gasteiger partial charge in [0, 0.05) is 12.6 Å². The average molecular weight is 285 g/mol. The SMILES string of the molecule is Cc1ccc(Cc2nc3ccc(Cl)cn3c2C=O)cc1. The molecule has 0 N–H and O–H groups in total. The third kappa shape index (κ3) is 2.32. The van der Waals surface area contributed by atoms with Gasteiger partial charge in [0.15, 0.2) is 6.29 Å². The van der Waals surface area contributed by atoms with E-state index in [-0.39, 0.29) is 0 Å². The van der Waals surface area contributed by atoms with E-state index in [9.17, 15) is 4.79 Å². The monoisotopic (exact) mass is 284 g/mol. The van der Waals surface area contributed by atoms with Crippen LogP contribution in [-0.2, 0) is 6.42 Å². The maximum absolute atomic E-state index is 11.4. The third-order valence-corrected chi connectivity index (χ3v) is 3.52. The summed E-state index contributed by atoms with van der Waals surface area (Å²) in [7, 11) is 0. The number of rotatable bonds is 3. The van der Waals surface area contributed by atoms with E-state index in [1.54, 1.807) is 16.7 Å². The number of imidazole rings is 1. The number of hydrogen-bond donors (Lipinski definition) is 0. The van der Waals surface area contributed by atoms with Crippen molar-refractivity contribution in [1.29, 1.82) is 0 Å². The lowest BCUT2D eigenvalue weighted by molar-refractivity contribution is 0.111. The molecule has 0 aliphatic rings. The van der Waals surface area contributed by atoms with Crippen LogP contribution in [-0.4, -0.2) is 15.7 Å². The minimum Gasteiger partial charge on any atom is -0.296 e. The van der Waals surface area contributed by atoms with E-state index in [1.807, 2.05) is 13.0 Å². The smallest absolute Gasteiger partial charge is 0.168 e. The minimum absolute atomic E-state index is 0.558. The van der Waals surface area contributed by atoms with Crippen molar-refractivity contribution in [3.8, 4) is 0 Å². The summed E-state index contributed by atoms with van der Waals surface area (Å²) >= 11 is 5.97. The quantitative estimate of drug-likeness (QED) is 0.687. The van der Waals surface area contributed by atoms with Crippen molar-refractivity contribution in [2.75, 3.05) is 0 Å². The summed E-state index contributed by atoms with van der Waals surface area (Å²) in [5, 5.41) is 0.583. The number of aryl methyl sites for hydroxylation is 1. The number of hydrogen-bond acceptors (Lipinski definition) is 2. The Hall–Kier alpha value is -2.13. The van der Waals surface area contributed by atoms with Crippen molar-refractivity contribution in [2.24, 2.45) is 0 Å². The Labute approximate surface area is 121 Å². The molecule has 0 aliphatic carbocycles. The highest BCUT2D eigenvalue weighted by atomic mass is 35.5. The van der Waals surface area contributed by atoms with Crippen molar-refractivity contribution >= 4 is 23.5 Å². The highest BCUT2D eigenvalue weighted by molar-refractivity contribution is 6.30. The summed E-state index contributed by atoms with van der Waals surface area (Å²) < 4.78 is 1.73. The highest BCUT2D eigenvalue weighted by Crippen LogP contribution is 2.18. The Balaban J connectivity index is 2.06. The van der Waals surface area contributed by atoms with Gasteiger partial charge in [-0.1, -0.05) is 41.4 Å². The fourth-order valence-corrected chi connectivity index (χ4v) is 2.40. The number of carbonyl (C=O) groups excluding carboxylic acids is 1. The highest BCUT2D eigenvalue weighted by Gasteiger charge is 2.12. The van der Waals surface area contributed by atoms with Crippen LogP contribution >= 0.6 is 11.6 Å². The second kappa shape index (κ2) is 5.10. The molecule has 0 bridgehead atoms. The lowest BCUT2D eigenvalue weighted by Gasteiger charge is -2.00. The van der Waals surface area contributed by atoms with E-state index < -0.39 is 0 Å². The fraction of sp³-hybridized carbons (Fsp3) is 0.125. The number of halogens is 1. The van der Waals surface area contributed by atoms with Gasteiger partial charge in [-0.15, -0.1) is 0 Å². The Morgan fingerprint density at radius 1 is 1.20 bits per heavy atom. The van der Waals surface area contributed by atoms with Crippen molar-refractivity contribution in [1.82, 2.24) is 9.38 Å². The van der Waals surface area contributed by atoms with E-state index >= 15 is 0 Å². The van der Waals surface area contributed by atoms with Crippen LogP contribution in [0.3, 0.4) is 0 Å². The zero-order valence-electron chi connectivity index (χ0n) is 11.0. The van der Waals surface area contributed by atoms with Crippen LogP contribution in [0.2, 0.25) is 5.02 Å². The van der Waals surface area contributed by atoms with Crippen molar-refractivity contribution in [2.45, 2.75) is 13.3 Å². The van der Waals surface area contributed by atoms with Gasteiger partial charge >= 0.3 is 0 Å². The molecule has 3 nitrogen and oxygen atoms in total. The minimum atomic E-state index is 0.558. The first kappa shape index (κ1) is 12.9. The fourth-order valence-electron chi connectivity index (χ4n) is 2.24. The first-order valence-electron chi connectivity index (χ1n) is 6.34.